The second-order valence-electron chi connectivity index (χ2n) is 10.1. The molecular weight excluding hydrogens is 452 g/mol. The molecule has 0 atom stereocenters. The summed E-state index contributed by atoms with van der Waals surface area (Å²) in [4.78, 5) is 9.10. The molecule has 1 saturated carbocycles. The average Bonchev–Trinajstić information content (AvgIpc) is 3.51. The number of hydrogen-bond acceptors (Lipinski definition) is 8. The van der Waals surface area contributed by atoms with Crippen LogP contribution in [0.15, 0.2) is 36.9 Å². The molecule has 10 heteroatoms. The van der Waals surface area contributed by atoms with Crippen molar-refractivity contribution in [3.8, 4) is 17.6 Å². The Balaban J connectivity index is 1.42. The third-order valence-corrected chi connectivity index (χ3v) is 6.54. The van der Waals surface area contributed by atoms with Gasteiger partial charge < -0.3 is 10.6 Å². The number of nitriles is 1. The van der Waals surface area contributed by atoms with Crippen molar-refractivity contribution in [1.82, 2.24) is 40.1 Å². The van der Waals surface area contributed by atoms with Crippen molar-refractivity contribution in [2.24, 2.45) is 0 Å². The minimum atomic E-state index is 0.205. The number of nitrogens with one attached hydrogen (secondary N) is 2. The molecule has 186 valence electrons. The molecule has 1 aliphatic rings. The van der Waals surface area contributed by atoms with E-state index >= 15 is 0 Å². The molecule has 10 nitrogen and oxygen atoms in total. The monoisotopic (exact) mass is 484 g/mol. The van der Waals surface area contributed by atoms with Gasteiger partial charge in [0.05, 0.1) is 35.5 Å². The maximum atomic E-state index is 9.15. The molecule has 0 aliphatic heterocycles. The number of nitrogens with zero attached hydrogens (tertiary/aromatic N) is 8. The van der Waals surface area contributed by atoms with Gasteiger partial charge in [-0.3, -0.25) is 0 Å². The molecule has 5 rings (SSSR count). The molecule has 36 heavy (non-hydrogen) atoms. The molecule has 0 radical (unpaired) electrons. The number of pyridine rings is 2. The number of rotatable bonds is 7. The highest BCUT2D eigenvalue weighted by Crippen LogP contribution is 2.33. The van der Waals surface area contributed by atoms with E-state index in [1.807, 2.05) is 16.9 Å². The minimum Gasteiger partial charge on any atom is -0.381 e. The molecule has 0 amide bonds. The number of aromatic nitrogens is 7. The normalized spacial score (nSPS) is 18.1. The Labute approximate surface area is 210 Å². The van der Waals surface area contributed by atoms with Gasteiger partial charge in [0.15, 0.2) is 11.5 Å². The smallest absolute Gasteiger partial charge is 0.164 e. The molecule has 1 aliphatic carbocycles. The third kappa shape index (κ3) is 4.93. The topological polar surface area (TPSA) is 122 Å². The summed E-state index contributed by atoms with van der Waals surface area (Å²) in [5.41, 5.74) is 3.90. The highest BCUT2D eigenvalue weighted by molar-refractivity contribution is 5.77. The summed E-state index contributed by atoms with van der Waals surface area (Å²) in [6.07, 6.45) is 11.6. The molecule has 0 bridgehead atoms. The molecule has 4 heterocycles. The Morgan fingerprint density at radius 2 is 1.81 bits per heavy atom. The zero-order valence-corrected chi connectivity index (χ0v) is 21.2. The van der Waals surface area contributed by atoms with Crippen LogP contribution in [0, 0.1) is 11.3 Å². The summed E-state index contributed by atoms with van der Waals surface area (Å²) in [5.74, 6) is 1.06. The second-order valence-corrected chi connectivity index (χ2v) is 10.1. The third-order valence-electron chi connectivity index (χ3n) is 6.54. The van der Waals surface area contributed by atoms with E-state index in [0.717, 1.165) is 48.1 Å². The van der Waals surface area contributed by atoms with Gasteiger partial charge in [-0.1, -0.05) is 19.1 Å². The Morgan fingerprint density at radius 3 is 2.53 bits per heavy atom. The van der Waals surface area contributed by atoms with E-state index in [2.05, 4.69) is 69.8 Å². The molecule has 0 aromatic carbocycles. The fourth-order valence-electron chi connectivity index (χ4n) is 4.92. The van der Waals surface area contributed by atoms with Crippen molar-refractivity contribution in [3.05, 3.63) is 48.2 Å². The van der Waals surface area contributed by atoms with Gasteiger partial charge in [-0.15, -0.1) is 5.10 Å². The molecule has 4 aromatic rings. The number of hydrogen-bond donors (Lipinski definition) is 2. The SMILES string of the molecule is CC(C)Nc1cc(-n2ncc3cc(C#N)cnc32)ncc1-n1cc([C@H]2CC[C@@H](NC(C)C)CC2)nn1. The Morgan fingerprint density at radius 1 is 1.00 bits per heavy atom. The second kappa shape index (κ2) is 10.0. The summed E-state index contributed by atoms with van der Waals surface area (Å²) >= 11 is 0. The summed E-state index contributed by atoms with van der Waals surface area (Å²) in [5, 5.41) is 30.6. The first-order valence-electron chi connectivity index (χ1n) is 12.6. The van der Waals surface area contributed by atoms with Crippen LogP contribution in [0.5, 0.6) is 0 Å². The summed E-state index contributed by atoms with van der Waals surface area (Å²) < 4.78 is 3.50. The van der Waals surface area contributed by atoms with Crippen molar-refractivity contribution in [2.45, 2.75) is 77.4 Å². The summed E-state index contributed by atoms with van der Waals surface area (Å²) in [7, 11) is 0. The van der Waals surface area contributed by atoms with Crippen LogP contribution in [-0.4, -0.2) is 52.9 Å². The maximum absolute atomic E-state index is 9.15. The fourth-order valence-corrected chi connectivity index (χ4v) is 4.92. The lowest BCUT2D eigenvalue weighted by molar-refractivity contribution is 0.323. The highest BCUT2D eigenvalue weighted by Gasteiger charge is 2.25. The van der Waals surface area contributed by atoms with Gasteiger partial charge in [0.2, 0.25) is 0 Å². The molecular formula is C26H32N10. The van der Waals surface area contributed by atoms with Gasteiger partial charge in [-0.05, 0) is 45.6 Å². The Bertz CT molecular complexity index is 1390. The van der Waals surface area contributed by atoms with Crippen molar-refractivity contribution in [3.63, 3.8) is 0 Å². The molecule has 1 fully saturated rings. The quantitative estimate of drug-likeness (QED) is 0.402. The minimum absolute atomic E-state index is 0.205. The number of anilines is 1. The van der Waals surface area contributed by atoms with Gasteiger partial charge in [-0.2, -0.15) is 15.0 Å². The van der Waals surface area contributed by atoms with Crippen LogP contribution in [0.3, 0.4) is 0 Å². The van der Waals surface area contributed by atoms with Crippen LogP contribution in [0.25, 0.3) is 22.5 Å². The van der Waals surface area contributed by atoms with Gasteiger partial charge in [0.1, 0.15) is 11.8 Å². The van der Waals surface area contributed by atoms with E-state index in [1.165, 1.54) is 0 Å². The van der Waals surface area contributed by atoms with Crippen LogP contribution in [0.4, 0.5) is 5.69 Å². The lowest BCUT2D eigenvalue weighted by Gasteiger charge is -2.29. The van der Waals surface area contributed by atoms with E-state index in [9.17, 15) is 0 Å². The zero-order valence-electron chi connectivity index (χ0n) is 21.2. The summed E-state index contributed by atoms with van der Waals surface area (Å²) in [6, 6.07) is 7.15. The molecule has 0 unspecified atom stereocenters. The van der Waals surface area contributed by atoms with Crippen LogP contribution in [0.1, 0.15) is 70.6 Å². The molecule has 0 spiro atoms. The number of fused-ring (bicyclic) bond motifs is 1. The van der Waals surface area contributed by atoms with Gasteiger partial charge in [0, 0.05) is 41.7 Å². The predicted octanol–water partition coefficient (Wildman–Crippen LogP) is 4.11. The Kier molecular flexibility index (Phi) is 6.65. The van der Waals surface area contributed by atoms with E-state index in [4.69, 9.17) is 5.26 Å². The van der Waals surface area contributed by atoms with Crippen LogP contribution >= 0.6 is 0 Å². The summed E-state index contributed by atoms with van der Waals surface area (Å²) in [6.45, 7) is 8.59. The predicted molar refractivity (Wildman–Crippen MR) is 138 cm³/mol. The van der Waals surface area contributed by atoms with Crippen molar-refractivity contribution in [2.75, 3.05) is 5.32 Å². The highest BCUT2D eigenvalue weighted by atomic mass is 15.4. The van der Waals surface area contributed by atoms with Crippen molar-refractivity contribution in [1.29, 1.82) is 5.26 Å². The van der Waals surface area contributed by atoms with E-state index < -0.39 is 0 Å². The first kappa shape index (κ1) is 23.9. The first-order valence-corrected chi connectivity index (χ1v) is 12.6. The standard InChI is InChI=1S/C26H32N10/c1-16(2)31-21-7-5-19(6-8-21)23-15-35(34-33-23)24-14-28-25(10-22(24)32-17(3)4)36-26-20(13-30-36)9-18(11-27)12-29-26/h9-10,12-17,19,21,31H,5-8H2,1-4H3,(H,28,32)/t19-,21+. The van der Waals surface area contributed by atoms with E-state index in [0.29, 0.717) is 35.0 Å². The van der Waals surface area contributed by atoms with E-state index in [-0.39, 0.29) is 6.04 Å². The zero-order chi connectivity index (χ0) is 25.2. The Hall–Kier alpha value is -3.84. The lowest BCUT2D eigenvalue weighted by atomic mass is 9.84. The van der Waals surface area contributed by atoms with Crippen LogP contribution in [0.2, 0.25) is 0 Å². The molecule has 4 aromatic heterocycles. The lowest BCUT2D eigenvalue weighted by Crippen LogP contribution is -2.37. The molecule has 0 saturated heterocycles. The first-order chi connectivity index (χ1) is 17.4. The van der Waals surface area contributed by atoms with Crippen LogP contribution in [-0.2, 0) is 0 Å². The average molecular weight is 485 g/mol. The largest absolute Gasteiger partial charge is 0.381 e. The van der Waals surface area contributed by atoms with Gasteiger partial charge in [0.25, 0.3) is 0 Å². The fraction of sp³-hybridized carbons (Fsp3) is 0.462. The van der Waals surface area contributed by atoms with Crippen molar-refractivity contribution < 1.29 is 0 Å². The maximum Gasteiger partial charge on any atom is 0.164 e. The van der Waals surface area contributed by atoms with Gasteiger partial charge >= 0.3 is 0 Å². The van der Waals surface area contributed by atoms with Gasteiger partial charge in [-0.25, -0.2) is 14.6 Å². The van der Waals surface area contributed by atoms with Crippen LogP contribution < -0.4 is 10.6 Å². The molecule has 2 N–H and O–H groups in total. The van der Waals surface area contributed by atoms with E-state index in [1.54, 1.807) is 29.3 Å². The van der Waals surface area contributed by atoms with Crippen molar-refractivity contribution >= 4 is 16.7 Å².